The van der Waals surface area contributed by atoms with E-state index in [-0.39, 0.29) is 5.92 Å². The molecule has 1 atom stereocenters. The maximum absolute atomic E-state index is 8.92. The van der Waals surface area contributed by atoms with E-state index in [0.717, 1.165) is 12.0 Å². The Bertz CT molecular complexity index is 306. The molecule has 0 fully saturated rings. The summed E-state index contributed by atoms with van der Waals surface area (Å²) in [6.07, 6.45) is 4.81. The molecular weight excluding hydrogens is 158 g/mol. The van der Waals surface area contributed by atoms with Crippen LogP contribution in [0, 0.1) is 11.3 Å². The molecule has 0 spiro atoms. The van der Waals surface area contributed by atoms with Crippen molar-refractivity contribution in [1.29, 1.82) is 5.26 Å². The second-order valence-corrected chi connectivity index (χ2v) is 2.90. The van der Waals surface area contributed by atoms with E-state index in [4.69, 9.17) is 5.26 Å². The first-order chi connectivity index (χ1) is 6.38. The van der Waals surface area contributed by atoms with Crippen LogP contribution in [-0.4, -0.2) is 0 Å². The number of nitriles is 1. The number of nitrogens with zero attached hydrogens (tertiary/aromatic N) is 1. The van der Waals surface area contributed by atoms with Crippen molar-refractivity contribution in [2.45, 2.75) is 19.3 Å². The summed E-state index contributed by atoms with van der Waals surface area (Å²) in [4.78, 5) is 0. The Morgan fingerprint density at radius 1 is 1.38 bits per heavy atom. The highest BCUT2D eigenvalue weighted by Crippen LogP contribution is 2.18. The lowest BCUT2D eigenvalue weighted by Crippen LogP contribution is -1.92. The first kappa shape index (κ1) is 9.54. The fourth-order valence-electron chi connectivity index (χ4n) is 1.22. The average Bonchev–Trinajstić information content (AvgIpc) is 2.21. The van der Waals surface area contributed by atoms with Crippen molar-refractivity contribution in [2.75, 3.05) is 0 Å². The van der Waals surface area contributed by atoms with Gasteiger partial charge in [-0.2, -0.15) is 5.26 Å². The van der Waals surface area contributed by atoms with Gasteiger partial charge in [-0.15, -0.1) is 0 Å². The first-order valence-electron chi connectivity index (χ1n) is 4.44. The minimum absolute atomic E-state index is 0.00241. The zero-order valence-electron chi connectivity index (χ0n) is 7.77. The van der Waals surface area contributed by atoms with Crippen LogP contribution in [0.5, 0.6) is 0 Å². The van der Waals surface area contributed by atoms with E-state index in [0.29, 0.717) is 0 Å². The molecule has 0 saturated carbocycles. The molecule has 0 aliphatic heterocycles. The molecule has 1 heteroatoms. The van der Waals surface area contributed by atoms with Gasteiger partial charge in [0.15, 0.2) is 0 Å². The smallest absolute Gasteiger partial charge is 0.0747 e. The molecule has 0 N–H and O–H groups in total. The van der Waals surface area contributed by atoms with Crippen molar-refractivity contribution in [3.63, 3.8) is 0 Å². The molecule has 1 aromatic rings. The molecule has 0 saturated heterocycles. The van der Waals surface area contributed by atoms with Crippen molar-refractivity contribution < 1.29 is 0 Å². The Morgan fingerprint density at radius 2 is 2.08 bits per heavy atom. The van der Waals surface area contributed by atoms with Crippen LogP contribution >= 0.6 is 0 Å². The van der Waals surface area contributed by atoms with E-state index in [1.54, 1.807) is 0 Å². The lowest BCUT2D eigenvalue weighted by Gasteiger charge is -2.05. The van der Waals surface area contributed by atoms with Crippen LogP contribution in [0.2, 0.25) is 0 Å². The number of allylic oxidation sites excluding steroid dienone is 2. The first-order valence-corrected chi connectivity index (χ1v) is 4.44. The summed E-state index contributed by atoms with van der Waals surface area (Å²) in [5.41, 5.74) is 1.10. The van der Waals surface area contributed by atoms with Crippen LogP contribution in [0.1, 0.15) is 24.8 Å². The zero-order valence-corrected chi connectivity index (χ0v) is 7.77. The Morgan fingerprint density at radius 3 is 2.62 bits per heavy atom. The van der Waals surface area contributed by atoms with Crippen LogP contribution < -0.4 is 0 Å². The maximum atomic E-state index is 8.92. The predicted molar refractivity (Wildman–Crippen MR) is 54.2 cm³/mol. The number of hydrogen-bond donors (Lipinski definition) is 0. The van der Waals surface area contributed by atoms with Gasteiger partial charge in [-0.05, 0) is 18.9 Å². The summed E-state index contributed by atoms with van der Waals surface area (Å²) < 4.78 is 0. The van der Waals surface area contributed by atoms with Gasteiger partial charge in [0, 0.05) is 0 Å². The van der Waals surface area contributed by atoms with Crippen molar-refractivity contribution in [1.82, 2.24) is 0 Å². The van der Waals surface area contributed by atoms with Gasteiger partial charge >= 0.3 is 0 Å². The summed E-state index contributed by atoms with van der Waals surface area (Å²) in [6.45, 7) is 1.97. The molecule has 0 aliphatic rings. The van der Waals surface area contributed by atoms with Crippen LogP contribution in [0.4, 0.5) is 0 Å². The van der Waals surface area contributed by atoms with Gasteiger partial charge in [0.2, 0.25) is 0 Å². The van der Waals surface area contributed by atoms with E-state index in [1.165, 1.54) is 0 Å². The molecule has 0 radical (unpaired) electrons. The molecule has 1 aromatic carbocycles. The van der Waals surface area contributed by atoms with Gasteiger partial charge in [0.25, 0.3) is 0 Å². The van der Waals surface area contributed by atoms with Crippen molar-refractivity contribution in [3.05, 3.63) is 48.0 Å². The van der Waals surface area contributed by atoms with Crippen molar-refractivity contribution in [3.8, 4) is 6.07 Å². The van der Waals surface area contributed by atoms with Crippen LogP contribution in [0.15, 0.2) is 42.5 Å². The van der Waals surface area contributed by atoms with Gasteiger partial charge in [-0.25, -0.2) is 0 Å². The second-order valence-electron chi connectivity index (χ2n) is 2.90. The number of hydrogen-bond acceptors (Lipinski definition) is 1. The summed E-state index contributed by atoms with van der Waals surface area (Å²) in [7, 11) is 0. The third-order valence-corrected chi connectivity index (χ3v) is 1.97. The molecule has 0 heterocycles. The highest BCUT2D eigenvalue weighted by atomic mass is 14.3. The van der Waals surface area contributed by atoms with Gasteiger partial charge < -0.3 is 0 Å². The molecule has 0 bridgehead atoms. The monoisotopic (exact) mass is 171 g/mol. The van der Waals surface area contributed by atoms with Gasteiger partial charge in [-0.1, -0.05) is 42.5 Å². The Hall–Kier alpha value is -1.55. The minimum atomic E-state index is -0.00241. The molecule has 1 rings (SSSR count). The molecule has 13 heavy (non-hydrogen) atoms. The van der Waals surface area contributed by atoms with E-state index >= 15 is 0 Å². The number of rotatable bonds is 3. The third-order valence-electron chi connectivity index (χ3n) is 1.97. The van der Waals surface area contributed by atoms with Crippen molar-refractivity contribution >= 4 is 0 Å². The molecular formula is C12H13N. The second kappa shape index (κ2) is 5.16. The topological polar surface area (TPSA) is 23.8 Å². The van der Waals surface area contributed by atoms with Gasteiger partial charge in [0.1, 0.15) is 0 Å². The number of benzene rings is 1. The summed E-state index contributed by atoms with van der Waals surface area (Å²) in [5, 5.41) is 8.92. The standard InChI is InChI=1S/C12H13N/c1-2-3-7-12(10-13)11-8-5-4-6-9-11/h2-6,8-9,12H,7H2,1H3/b3-2+/t12-/m0/s1. The normalized spacial score (nSPS) is 12.6. The Labute approximate surface area is 79.3 Å². The quantitative estimate of drug-likeness (QED) is 0.640. The maximum Gasteiger partial charge on any atom is 0.0747 e. The fraction of sp³-hybridized carbons (Fsp3) is 0.250. The van der Waals surface area contributed by atoms with E-state index < -0.39 is 0 Å². The fourth-order valence-corrected chi connectivity index (χ4v) is 1.22. The van der Waals surface area contributed by atoms with E-state index in [2.05, 4.69) is 6.07 Å². The average molecular weight is 171 g/mol. The van der Waals surface area contributed by atoms with Gasteiger partial charge in [-0.3, -0.25) is 0 Å². The lowest BCUT2D eigenvalue weighted by atomic mass is 9.97. The highest BCUT2D eigenvalue weighted by Gasteiger charge is 2.06. The molecule has 0 aliphatic carbocycles. The minimum Gasteiger partial charge on any atom is -0.198 e. The Balaban J connectivity index is 2.74. The predicted octanol–water partition coefficient (Wildman–Crippen LogP) is 3.26. The van der Waals surface area contributed by atoms with Crippen LogP contribution in [0.3, 0.4) is 0 Å². The molecule has 0 amide bonds. The zero-order chi connectivity index (χ0) is 9.52. The largest absolute Gasteiger partial charge is 0.198 e. The highest BCUT2D eigenvalue weighted by molar-refractivity contribution is 5.25. The van der Waals surface area contributed by atoms with Crippen LogP contribution in [-0.2, 0) is 0 Å². The summed E-state index contributed by atoms with van der Waals surface area (Å²) in [5.74, 6) is -0.00241. The van der Waals surface area contributed by atoms with Crippen molar-refractivity contribution in [2.24, 2.45) is 0 Å². The molecule has 1 nitrogen and oxygen atoms in total. The summed E-state index contributed by atoms with van der Waals surface area (Å²) in [6, 6.07) is 12.2. The Kier molecular flexibility index (Phi) is 3.78. The SMILES string of the molecule is C/C=C/C[C@@H](C#N)c1ccccc1. The molecule has 0 unspecified atom stereocenters. The van der Waals surface area contributed by atoms with Crippen LogP contribution in [0.25, 0.3) is 0 Å². The molecule has 0 aromatic heterocycles. The lowest BCUT2D eigenvalue weighted by molar-refractivity contribution is 0.876. The van der Waals surface area contributed by atoms with E-state index in [9.17, 15) is 0 Å². The summed E-state index contributed by atoms with van der Waals surface area (Å²) >= 11 is 0. The van der Waals surface area contributed by atoms with E-state index in [1.807, 2.05) is 49.4 Å². The third kappa shape index (κ3) is 2.76. The molecule has 66 valence electrons. The van der Waals surface area contributed by atoms with Gasteiger partial charge in [0.05, 0.1) is 12.0 Å².